The van der Waals surface area contributed by atoms with Crippen molar-refractivity contribution in [1.29, 1.82) is 0 Å². The summed E-state index contributed by atoms with van der Waals surface area (Å²) in [5.41, 5.74) is 7.04. The second kappa shape index (κ2) is 9.39. The zero-order chi connectivity index (χ0) is 13.2. The van der Waals surface area contributed by atoms with Crippen molar-refractivity contribution in [3.63, 3.8) is 0 Å². The first-order chi connectivity index (χ1) is 8.74. The quantitative estimate of drug-likeness (QED) is 0.553. The van der Waals surface area contributed by atoms with Gasteiger partial charge in [-0.2, -0.15) is 0 Å². The highest BCUT2D eigenvalue weighted by molar-refractivity contribution is 7.99. The van der Waals surface area contributed by atoms with Crippen LogP contribution in [0.4, 0.5) is 0 Å². The molecule has 4 heteroatoms. The van der Waals surface area contributed by atoms with Gasteiger partial charge in [-0.15, -0.1) is 11.8 Å². The van der Waals surface area contributed by atoms with Crippen LogP contribution in [-0.2, 0) is 9.47 Å². The number of rotatable bonds is 9. The van der Waals surface area contributed by atoms with Crippen molar-refractivity contribution in [3.8, 4) is 0 Å². The smallest absolute Gasteiger partial charge is 0.0560 e. The van der Waals surface area contributed by atoms with Crippen LogP contribution in [-0.4, -0.2) is 32.7 Å². The summed E-state index contributed by atoms with van der Waals surface area (Å²) in [4.78, 5) is 1.25. The van der Waals surface area contributed by atoms with E-state index in [9.17, 15) is 0 Å². The van der Waals surface area contributed by atoms with Crippen LogP contribution < -0.4 is 5.73 Å². The van der Waals surface area contributed by atoms with Gasteiger partial charge in [-0.05, 0) is 31.0 Å². The van der Waals surface area contributed by atoms with Crippen molar-refractivity contribution in [2.75, 3.05) is 32.7 Å². The number of methoxy groups -OCH3 is 1. The first-order valence-corrected chi connectivity index (χ1v) is 7.27. The highest BCUT2D eigenvalue weighted by Crippen LogP contribution is 2.21. The molecule has 3 nitrogen and oxygen atoms in total. The van der Waals surface area contributed by atoms with E-state index in [0.717, 1.165) is 32.0 Å². The molecule has 1 aromatic rings. The molecule has 0 saturated carbocycles. The Morgan fingerprint density at radius 1 is 1.28 bits per heavy atom. The molecule has 0 aliphatic heterocycles. The highest BCUT2D eigenvalue weighted by Gasteiger charge is 2.00. The lowest BCUT2D eigenvalue weighted by atomic mass is 10.1. The molecule has 1 atom stereocenters. The maximum Gasteiger partial charge on any atom is 0.0560 e. The zero-order valence-electron chi connectivity index (χ0n) is 11.2. The van der Waals surface area contributed by atoms with Gasteiger partial charge in [0.1, 0.15) is 0 Å². The summed E-state index contributed by atoms with van der Waals surface area (Å²) >= 11 is 1.80. The molecular weight excluding hydrogens is 246 g/mol. The van der Waals surface area contributed by atoms with Gasteiger partial charge in [-0.25, -0.2) is 0 Å². The number of ether oxygens (including phenoxy) is 2. The van der Waals surface area contributed by atoms with Gasteiger partial charge in [0.2, 0.25) is 0 Å². The van der Waals surface area contributed by atoms with Crippen LogP contribution in [0.3, 0.4) is 0 Å². The summed E-state index contributed by atoms with van der Waals surface area (Å²) in [7, 11) is 1.71. The van der Waals surface area contributed by atoms with Gasteiger partial charge in [0, 0.05) is 37.0 Å². The third kappa shape index (κ3) is 6.40. The standard InChI is InChI=1S/C14H23NO2S/c1-12(15)13-5-3-6-14(11-13)18-10-9-17-8-4-7-16-2/h3,5-6,11-12H,4,7-10,15H2,1-2H3. The highest BCUT2D eigenvalue weighted by atomic mass is 32.2. The van der Waals surface area contributed by atoms with E-state index in [1.807, 2.05) is 6.92 Å². The molecule has 0 amide bonds. The average Bonchev–Trinajstić information content (AvgIpc) is 2.38. The lowest BCUT2D eigenvalue weighted by Crippen LogP contribution is -2.04. The van der Waals surface area contributed by atoms with Crippen molar-refractivity contribution in [3.05, 3.63) is 29.8 Å². The number of hydrogen-bond donors (Lipinski definition) is 1. The van der Waals surface area contributed by atoms with E-state index >= 15 is 0 Å². The number of benzene rings is 1. The van der Waals surface area contributed by atoms with Gasteiger partial charge in [0.25, 0.3) is 0 Å². The first-order valence-electron chi connectivity index (χ1n) is 6.29. The fraction of sp³-hybridized carbons (Fsp3) is 0.571. The maximum absolute atomic E-state index is 5.86. The average molecular weight is 269 g/mol. The summed E-state index contributed by atoms with van der Waals surface area (Å²) in [6.07, 6.45) is 0.960. The normalized spacial score (nSPS) is 12.6. The Bertz CT molecular complexity index is 331. The lowest BCUT2D eigenvalue weighted by Gasteiger charge is -2.08. The van der Waals surface area contributed by atoms with Crippen molar-refractivity contribution >= 4 is 11.8 Å². The van der Waals surface area contributed by atoms with Crippen LogP contribution in [0.1, 0.15) is 24.9 Å². The van der Waals surface area contributed by atoms with Gasteiger partial charge in [0.05, 0.1) is 6.61 Å². The maximum atomic E-state index is 5.86. The fourth-order valence-corrected chi connectivity index (χ4v) is 2.34. The Morgan fingerprint density at radius 3 is 2.83 bits per heavy atom. The second-order valence-electron chi connectivity index (χ2n) is 4.17. The van der Waals surface area contributed by atoms with Gasteiger partial charge < -0.3 is 15.2 Å². The molecule has 18 heavy (non-hydrogen) atoms. The molecule has 0 aliphatic rings. The Labute approximate surface area is 114 Å². The molecular formula is C14H23NO2S. The van der Waals surface area contributed by atoms with Crippen molar-refractivity contribution < 1.29 is 9.47 Å². The molecule has 102 valence electrons. The van der Waals surface area contributed by atoms with E-state index < -0.39 is 0 Å². The number of thioether (sulfide) groups is 1. The molecule has 0 spiro atoms. The Kier molecular flexibility index (Phi) is 8.09. The molecule has 0 bridgehead atoms. The predicted molar refractivity (Wildman–Crippen MR) is 77.1 cm³/mol. The van der Waals surface area contributed by atoms with Crippen LogP contribution in [0.2, 0.25) is 0 Å². The molecule has 1 unspecified atom stereocenters. The van der Waals surface area contributed by atoms with Crippen molar-refractivity contribution in [2.45, 2.75) is 24.3 Å². The SMILES string of the molecule is COCCCOCCSc1cccc(C(C)N)c1. The van der Waals surface area contributed by atoms with E-state index in [4.69, 9.17) is 15.2 Å². The Morgan fingerprint density at radius 2 is 2.11 bits per heavy atom. The second-order valence-corrected chi connectivity index (χ2v) is 5.34. The summed E-state index contributed by atoms with van der Waals surface area (Å²) in [5.74, 6) is 0.968. The molecule has 0 fully saturated rings. The lowest BCUT2D eigenvalue weighted by molar-refractivity contribution is 0.113. The molecule has 0 heterocycles. The van der Waals surface area contributed by atoms with Crippen LogP contribution in [0.5, 0.6) is 0 Å². The molecule has 0 radical (unpaired) electrons. The van der Waals surface area contributed by atoms with Crippen molar-refractivity contribution in [1.82, 2.24) is 0 Å². The topological polar surface area (TPSA) is 44.5 Å². The predicted octanol–water partition coefficient (Wildman–Crippen LogP) is 2.85. The third-order valence-corrected chi connectivity index (χ3v) is 3.48. The van der Waals surface area contributed by atoms with Crippen LogP contribution in [0.25, 0.3) is 0 Å². The summed E-state index contributed by atoms with van der Waals surface area (Å²) in [6.45, 7) is 4.32. The van der Waals surface area contributed by atoms with E-state index in [-0.39, 0.29) is 6.04 Å². The Hall–Kier alpha value is -0.550. The minimum Gasteiger partial charge on any atom is -0.385 e. The molecule has 2 N–H and O–H groups in total. The first kappa shape index (κ1) is 15.5. The third-order valence-electron chi connectivity index (χ3n) is 2.52. The van der Waals surface area contributed by atoms with E-state index in [1.54, 1.807) is 18.9 Å². The van der Waals surface area contributed by atoms with Crippen molar-refractivity contribution in [2.24, 2.45) is 5.73 Å². The molecule has 1 rings (SSSR count). The number of nitrogens with two attached hydrogens (primary N) is 1. The van der Waals surface area contributed by atoms with Crippen LogP contribution in [0.15, 0.2) is 29.2 Å². The monoisotopic (exact) mass is 269 g/mol. The van der Waals surface area contributed by atoms with E-state index in [0.29, 0.717) is 0 Å². The van der Waals surface area contributed by atoms with Crippen LogP contribution >= 0.6 is 11.8 Å². The number of hydrogen-bond acceptors (Lipinski definition) is 4. The van der Waals surface area contributed by atoms with Gasteiger partial charge in [-0.1, -0.05) is 12.1 Å². The van der Waals surface area contributed by atoms with Gasteiger partial charge >= 0.3 is 0 Å². The zero-order valence-corrected chi connectivity index (χ0v) is 12.0. The minimum absolute atomic E-state index is 0.0934. The molecule has 0 aliphatic carbocycles. The summed E-state index contributed by atoms with van der Waals surface area (Å²) in [6, 6.07) is 8.48. The largest absolute Gasteiger partial charge is 0.385 e. The molecule has 0 saturated heterocycles. The molecule has 0 aromatic heterocycles. The van der Waals surface area contributed by atoms with Gasteiger partial charge in [0.15, 0.2) is 0 Å². The molecule has 1 aromatic carbocycles. The summed E-state index contributed by atoms with van der Waals surface area (Å²) in [5, 5.41) is 0. The fourth-order valence-electron chi connectivity index (χ4n) is 1.51. The van der Waals surface area contributed by atoms with Gasteiger partial charge in [-0.3, -0.25) is 0 Å². The minimum atomic E-state index is 0.0934. The van der Waals surface area contributed by atoms with E-state index in [2.05, 4.69) is 24.3 Å². The summed E-state index contributed by atoms with van der Waals surface area (Å²) < 4.78 is 10.5. The Balaban J connectivity index is 2.17. The van der Waals surface area contributed by atoms with Crippen LogP contribution in [0, 0.1) is 0 Å². The van der Waals surface area contributed by atoms with E-state index in [1.165, 1.54) is 10.5 Å².